The van der Waals surface area contributed by atoms with Gasteiger partial charge in [-0.3, -0.25) is 14.5 Å². The number of carbonyl (C=O) groups excluding carboxylic acids is 2. The lowest BCUT2D eigenvalue weighted by atomic mass is 9.96. The van der Waals surface area contributed by atoms with Crippen LogP contribution < -0.4 is 4.90 Å². The zero-order valence-electron chi connectivity index (χ0n) is 17.7. The summed E-state index contributed by atoms with van der Waals surface area (Å²) in [5.41, 5.74) is 1.96. The highest BCUT2D eigenvalue weighted by Crippen LogP contribution is 2.44. The quantitative estimate of drug-likeness (QED) is 0.262. The average Bonchev–Trinajstić information content (AvgIpc) is 3.34. The van der Waals surface area contributed by atoms with E-state index in [9.17, 15) is 14.7 Å². The number of nitrogens with zero attached hydrogens (tertiary/aromatic N) is 1. The number of aryl methyl sites for hydroxylation is 2. The van der Waals surface area contributed by atoms with Crippen LogP contribution in [0.25, 0.3) is 16.5 Å². The molecule has 1 aromatic heterocycles. The van der Waals surface area contributed by atoms with Gasteiger partial charge in [0.25, 0.3) is 11.7 Å². The molecular weight excluding hydrogens is 402 g/mol. The van der Waals surface area contributed by atoms with Crippen LogP contribution in [0.5, 0.6) is 0 Å². The van der Waals surface area contributed by atoms with E-state index in [0.29, 0.717) is 22.8 Å². The molecule has 0 aliphatic carbocycles. The van der Waals surface area contributed by atoms with Gasteiger partial charge < -0.3 is 9.52 Å². The number of furan rings is 1. The molecule has 0 bridgehead atoms. The number of hydrogen-bond donors (Lipinski definition) is 1. The number of fused-ring (bicyclic) bond motifs is 1. The molecular formula is C27H21NO4. The maximum atomic E-state index is 13.3. The number of anilines is 1. The fourth-order valence-corrected chi connectivity index (χ4v) is 4.36. The van der Waals surface area contributed by atoms with Crippen molar-refractivity contribution in [2.45, 2.75) is 19.9 Å². The van der Waals surface area contributed by atoms with Crippen molar-refractivity contribution in [2.24, 2.45) is 0 Å². The van der Waals surface area contributed by atoms with Crippen molar-refractivity contribution in [3.05, 3.63) is 107 Å². The molecule has 1 aliphatic heterocycles. The van der Waals surface area contributed by atoms with Crippen LogP contribution in [-0.4, -0.2) is 16.8 Å². The number of amides is 1. The van der Waals surface area contributed by atoms with E-state index >= 15 is 0 Å². The van der Waals surface area contributed by atoms with E-state index in [1.54, 1.807) is 31.2 Å². The third-order valence-electron chi connectivity index (χ3n) is 5.89. The summed E-state index contributed by atoms with van der Waals surface area (Å²) in [6.07, 6.45) is 0. The summed E-state index contributed by atoms with van der Waals surface area (Å²) < 4.78 is 5.87. The molecule has 1 fully saturated rings. The normalized spacial score (nSPS) is 17.9. The molecule has 0 spiro atoms. The molecule has 5 rings (SSSR count). The van der Waals surface area contributed by atoms with Gasteiger partial charge in [-0.25, -0.2) is 0 Å². The fraction of sp³-hybridized carbons (Fsp3) is 0.111. The average molecular weight is 423 g/mol. The van der Waals surface area contributed by atoms with Crippen molar-refractivity contribution >= 4 is 33.9 Å². The first-order valence-corrected chi connectivity index (χ1v) is 10.4. The molecule has 0 radical (unpaired) electrons. The van der Waals surface area contributed by atoms with Gasteiger partial charge in [0.2, 0.25) is 0 Å². The smallest absolute Gasteiger partial charge is 0.300 e. The molecule has 1 N–H and O–H groups in total. The Bertz CT molecular complexity index is 1410. The maximum absolute atomic E-state index is 13.3. The van der Waals surface area contributed by atoms with Crippen LogP contribution in [0.4, 0.5) is 5.69 Å². The summed E-state index contributed by atoms with van der Waals surface area (Å²) in [4.78, 5) is 28.0. The van der Waals surface area contributed by atoms with Crippen molar-refractivity contribution in [3.63, 3.8) is 0 Å². The van der Waals surface area contributed by atoms with E-state index < -0.39 is 17.7 Å². The standard InChI is InChI=1S/C27H21NO4/c1-16-8-3-6-13-21(16)28-24(22-15-14-17(2)32-22)23(26(30)27(28)31)25(29)20-12-7-10-18-9-4-5-11-19(18)20/h3-15,24,29H,1-2H3/b25-23-. The maximum Gasteiger partial charge on any atom is 0.300 e. The molecule has 32 heavy (non-hydrogen) atoms. The van der Waals surface area contributed by atoms with Crippen molar-refractivity contribution in [1.29, 1.82) is 0 Å². The molecule has 0 saturated carbocycles. The number of para-hydroxylation sites is 1. The Labute approximate surface area is 185 Å². The van der Waals surface area contributed by atoms with Crippen molar-refractivity contribution in [1.82, 2.24) is 0 Å². The second-order valence-electron chi connectivity index (χ2n) is 7.93. The van der Waals surface area contributed by atoms with Crippen LogP contribution >= 0.6 is 0 Å². The molecule has 3 aromatic carbocycles. The van der Waals surface area contributed by atoms with Gasteiger partial charge in [-0.05, 0) is 48.4 Å². The Balaban J connectivity index is 1.79. The van der Waals surface area contributed by atoms with Gasteiger partial charge in [0.05, 0.1) is 5.57 Å². The summed E-state index contributed by atoms with van der Waals surface area (Å²) in [7, 11) is 0. The number of aliphatic hydroxyl groups is 1. The molecule has 1 aliphatic rings. The first-order chi connectivity index (χ1) is 15.5. The van der Waals surface area contributed by atoms with Gasteiger partial charge in [-0.1, -0.05) is 60.7 Å². The minimum absolute atomic E-state index is 0.0176. The Morgan fingerprint density at radius 3 is 2.34 bits per heavy atom. The van der Waals surface area contributed by atoms with Gasteiger partial charge in [0.1, 0.15) is 23.3 Å². The van der Waals surface area contributed by atoms with Gasteiger partial charge in [0.15, 0.2) is 0 Å². The summed E-state index contributed by atoms with van der Waals surface area (Å²) in [5, 5.41) is 13.1. The number of Topliss-reactive ketones (excluding diaryl/α,β-unsaturated/α-hetero) is 1. The van der Waals surface area contributed by atoms with Crippen LogP contribution in [0.2, 0.25) is 0 Å². The predicted octanol–water partition coefficient (Wildman–Crippen LogP) is 5.68. The first kappa shape index (κ1) is 19.8. The summed E-state index contributed by atoms with van der Waals surface area (Å²) >= 11 is 0. The van der Waals surface area contributed by atoms with E-state index in [2.05, 4.69) is 0 Å². The molecule has 1 amide bonds. The molecule has 1 atom stereocenters. The van der Waals surface area contributed by atoms with Crippen LogP contribution in [0, 0.1) is 13.8 Å². The second kappa shape index (κ2) is 7.54. The number of aliphatic hydroxyl groups excluding tert-OH is 1. The van der Waals surface area contributed by atoms with Gasteiger partial charge >= 0.3 is 0 Å². The third kappa shape index (κ3) is 3.02. The number of carbonyl (C=O) groups is 2. The molecule has 4 aromatic rings. The number of benzene rings is 3. The summed E-state index contributed by atoms with van der Waals surface area (Å²) in [6.45, 7) is 3.68. The predicted molar refractivity (Wildman–Crippen MR) is 123 cm³/mol. The largest absolute Gasteiger partial charge is 0.507 e. The van der Waals surface area contributed by atoms with Crippen molar-refractivity contribution in [3.8, 4) is 0 Å². The molecule has 1 saturated heterocycles. The monoisotopic (exact) mass is 423 g/mol. The lowest BCUT2D eigenvalue weighted by molar-refractivity contribution is -0.132. The SMILES string of the molecule is Cc1ccc(C2/C(=C(/O)c3cccc4ccccc34)C(=O)C(=O)N2c2ccccc2C)o1. The van der Waals surface area contributed by atoms with Crippen molar-refractivity contribution < 1.29 is 19.1 Å². The van der Waals surface area contributed by atoms with E-state index in [0.717, 1.165) is 16.3 Å². The molecule has 5 heteroatoms. The van der Waals surface area contributed by atoms with Crippen LogP contribution in [0.1, 0.15) is 28.7 Å². The highest BCUT2D eigenvalue weighted by molar-refractivity contribution is 6.51. The van der Waals surface area contributed by atoms with Crippen LogP contribution in [-0.2, 0) is 9.59 Å². The van der Waals surface area contributed by atoms with E-state index in [1.165, 1.54) is 4.90 Å². The van der Waals surface area contributed by atoms with Gasteiger partial charge in [0, 0.05) is 11.3 Å². The fourth-order valence-electron chi connectivity index (χ4n) is 4.36. The second-order valence-corrected chi connectivity index (χ2v) is 7.93. The van der Waals surface area contributed by atoms with E-state index in [1.807, 2.05) is 61.5 Å². The Kier molecular flexibility index (Phi) is 4.67. The number of hydrogen-bond acceptors (Lipinski definition) is 4. The van der Waals surface area contributed by atoms with E-state index in [4.69, 9.17) is 4.42 Å². The van der Waals surface area contributed by atoms with E-state index in [-0.39, 0.29) is 11.3 Å². The Morgan fingerprint density at radius 1 is 0.875 bits per heavy atom. The van der Waals surface area contributed by atoms with Gasteiger partial charge in [-0.2, -0.15) is 0 Å². The topological polar surface area (TPSA) is 70.8 Å². The highest BCUT2D eigenvalue weighted by Gasteiger charge is 2.48. The lowest BCUT2D eigenvalue weighted by Gasteiger charge is -2.25. The molecule has 1 unspecified atom stereocenters. The zero-order valence-corrected chi connectivity index (χ0v) is 17.7. The van der Waals surface area contributed by atoms with Crippen LogP contribution in [0.3, 0.4) is 0 Å². The number of ketones is 1. The van der Waals surface area contributed by atoms with Crippen LogP contribution in [0.15, 0.2) is 88.9 Å². The Hall–Kier alpha value is -4.12. The Morgan fingerprint density at radius 2 is 1.59 bits per heavy atom. The molecule has 158 valence electrons. The third-order valence-corrected chi connectivity index (χ3v) is 5.89. The first-order valence-electron chi connectivity index (χ1n) is 10.4. The minimum Gasteiger partial charge on any atom is -0.507 e. The highest BCUT2D eigenvalue weighted by atomic mass is 16.3. The van der Waals surface area contributed by atoms with Gasteiger partial charge in [-0.15, -0.1) is 0 Å². The van der Waals surface area contributed by atoms with Crippen molar-refractivity contribution in [2.75, 3.05) is 4.90 Å². The molecule has 5 nitrogen and oxygen atoms in total. The summed E-state index contributed by atoms with van der Waals surface area (Å²) in [5.74, 6) is -0.569. The zero-order chi connectivity index (χ0) is 22.4. The minimum atomic E-state index is -0.872. The lowest BCUT2D eigenvalue weighted by Crippen LogP contribution is -2.29. The number of rotatable bonds is 3. The molecule has 2 heterocycles. The summed E-state index contributed by atoms with van der Waals surface area (Å²) in [6, 6.07) is 23.1.